The van der Waals surface area contributed by atoms with Crippen molar-refractivity contribution in [3.05, 3.63) is 58.1 Å². The smallest absolute Gasteiger partial charge is 0.267 e. The number of carbonyl (C=O) groups is 1. The largest absolute Gasteiger partial charge is 0.497 e. The fraction of sp³-hybridized carbons (Fsp3) is 0.300. The van der Waals surface area contributed by atoms with Gasteiger partial charge in [-0.15, -0.1) is 5.10 Å². The van der Waals surface area contributed by atoms with E-state index in [9.17, 15) is 9.59 Å². The van der Waals surface area contributed by atoms with Crippen molar-refractivity contribution in [2.24, 2.45) is 0 Å². The zero-order valence-corrected chi connectivity index (χ0v) is 17.0. The summed E-state index contributed by atoms with van der Waals surface area (Å²) in [7, 11) is 3.04. The number of nitrogens with zero attached hydrogens (tertiary/aromatic N) is 4. The van der Waals surface area contributed by atoms with Gasteiger partial charge in [0.25, 0.3) is 5.56 Å². The van der Waals surface area contributed by atoms with Crippen LogP contribution in [-0.2, 0) is 4.79 Å². The van der Waals surface area contributed by atoms with E-state index in [1.54, 1.807) is 43.0 Å². The Hall–Kier alpha value is -3.62. The van der Waals surface area contributed by atoms with Crippen LogP contribution in [0.2, 0.25) is 0 Å². The van der Waals surface area contributed by atoms with E-state index in [0.29, 0.717) is 23.0 Å². The van der Waals surface area contributed by atoms with Gasteiger partial charge in [0.1, 0.15) is 17.5 Å². The van der Waals surface area contributed by atoms with Crippen molar-refractivity contribution in [3.8, 4) is 17.3 Å². The van der Waals surface area contributed by atoms with Crippen LogP contribution in [0.15, 0.2) is 41.2 Å². The number of hydrogen-bond acceptors (Lipinski definition) is 6. The Bertz CT molecular complexity index is 1100. The van der Waals surface area contributed by atoms with E-state index in [-0.39, 0.29) is 5.56 Å². The van der Waals surface area contributed by atoms with E-state index in [4.69, 9.17) is 9.47 Å². The summed E-state index contributed by atoms with van der Waals surface area (Å²) in [5.41, 5.74) is 1.78. The molecule has 1 amide bonds. The zero-order chi connectivity index (χ0) is 21.1. The topological polar surface area (TPSA) is 100 Å². The minimum atomic E-state index is -0.855. The monoisotopic (exact) mass is 397 g/mol. The highest BCUT2D eigenvalue weighted by Gasteiger charge is 2.20. The number of benzene rings is 1. The maximum atomic E-state index is 12.8. The average molecular weight is 397 g/mol. The Morgan fingerprint density at radius 1 is 1.07 bits per heavy atom. The number of ether oxygens (including phenoxy) is 2. The van der Waals surface area contributed by atoms with Crippen LogP contribution < -0.4 is 20.3 Å². The Morgan fingerprint density at radius 2 is 1.83 bits per heavy atom. The maximum absolute atomic E-state index is 12.8. The van der Waals surface area contributed by atoms with Gasteiger partial charge in [-0.05, 0) is 45.0 Å². The van der Waals surface area contributed by atoms with E-state index in [1.165, 1.54) is 13.2 Å². The molecule has 2 heterocycles. The van der Waals surface area contributed by atoms with Crippen molar-refractivity contribution in [3.63, 3.8) is 0 Å². The lowest BCUT2D eigenvalue weighted by atomic mass is 10.2. The molecule has 9 nitrogen and oxygen atoms in total. The second-order valence-corrected chi connectivity index (χ2v) is 6.54. The molecular weight excluding hydrogens is 374 g/mol. The van der Waals surface area contributed by atoms with Crippen LogP contribution in [0.5, 0.6) is 11.5 Å². The van der Waals surface area contributed by atoms with Crippen molar-refractivity contribution >= 4 is 11.6 Å². The van der Waals surface area contributed by atoms with Crippen LogP contribution in [0.3, 0.4) is 0 Å². The third kappa shape index (κ3) is 4.13. The fourth-order valence-corrected chi connectivity index (χ4v) is 2.92. The second kappa shape index (κ2) is 8.17. The van der Waals surface area contributed by atoms with Gasteiger partial charge < -0.3 is 14.8 Å². The summed E-state index contributed by atoms with van der Waals surface area (Å²) in [6.07, 6.45) is 0. The van der Waals surface area contributed by atoms with Crippen LogP contribution in [0.1, 0.15) is 24.4 Å². The van der Waals surface area contributed by atoms with Gasteiger partial charge >= 0.3 is 0 Å². The summed E-state index contributed by atoms with van der Waals surface area (Å²) >= 11 is 0. The normalized spacial score (nSPS) is 11.8. The second-order valence-electron chi connectivity index (χ2n) is 6.54. The Morgan fingerprint density at radius 3 is 2.45 bits per heavy atom. The molecule has 1 N–H and O–H groups in total. The molecule has 3 rings (SSSR count). The number of methoxy groups -OCH3 is 2. The Balaban J connectivity index is 1.89. The fourth-order valence-electron chi connectivity index (χ4n) is 2.92. The lowest BCUT2D eigenvalue weighted by Crippen LogP contribution is -2.33. The lowest BCUT2D eigenvalue weighted by molar-refractivity contribution is -0.119. The Kier molecular flexibility index (Phi) is 5.67. The standard InChI is InChI=1S/C20H23N5O4/c1-12-10-13(2)24(22-12)18-8-9-19(26)25(23-18)14(3)20(27)21-16-7-6-15(28-4)11-17(16)29-5/h6-11,14H,1-5H3,(H,21,27). The van der Waals surface area contributed by atoms with E-state index in [2.05, 4.69) is 15.5 Å². The van der Waals surface area contributed by atoms with E-state index < -0.39 is 11.9 Å². The molecule has 0 saturated carbocycles. The summed E-state index contributed by atoms with van der Waals surface area (Å²) in [6.45, 7) is 5.37. The number of aryl methyl sites for hydroxylation is 2. The summed E-state index contributed by atoms with van der Waals surface area (Å²) in [5, 5.41) is 11.5. The van der Waals surface area contributed by atoms with Gasteiger partial charge in [-0.3, -0.25) is 9.59 Å². The highest BCUT2D eigenvalue weighted by atomic mass is 16.5. The lowest BCUT2D eigenvalue weighted by Gasteiger charge is -2.17. The summed E-state index contributed by atoms with van der Waals surface area (Å²) < 4.78 is 13.2. The molecule has 0 radical (unpaired) electrons. The van der Waals surface area contributed by atoms with E-state index in [1.807, 2.05) is 19.9 Å². The predicted molar refractivity (Wildman–Crippen MR) is 108 cm³/mol. The first-order chi connectivity index (χ1) is 13.8. The molecule has 2 aromatic heterocycles. The van der Waals surface area contributed by atoms with Crippen molar-refractivity contribution in [2.75, 3.05) is 19.5 Å². The number of rotatable bonds is 6. The van der Waals surface area contributed by atoms with Gasteiger partial charge in [0.2, 0.25) is 5.91 Å². The van der Waals surface area contributed by atoms with Crippen molar-refractivity contribution in [1.29, 1.82) is 0 Å². The molecule has 0 bridgehead atoms. The van der Waals surface area contributed by atoms with E-state index >= 15 is 0 Å². The van der Waals surface area contributed by atoms with Crippen LogP contribution in [0.25, 0.3) is 5.82 Å². The molecule has 0 spiro atoms. The first-order valence-electron chi connectivity index (χ1n) is 9.00. The quantitative estimate of drug-likeness (QED) is 0.685. The number of nitrogens with one attached hydrogen (secondary N) is 1. The molecule has 9 heteroatoms. The SMILES string of the molecule is COc1ccc(NC(=O)C(C)n2nc(-n3nc(C)cc3C)ccc2=O)c(OC)c1. The first kappa shape index (κ1) is 20.1. The third-order valence-corrected chi connectivity index (χ3v) is 4.45. The van der Waals surface area contributed by atoms with Crippen LogP contribution in [0.4, 0.5) is 5.69 Å². The number of hydrogen-bond donors (Lipinski definition) is 1. The maximum Gasteiger partial charge on any atom is 0.267 e. The molecule has 29 heavy (non-hydrogen) atoms. The van der Waals surface area contributed by atoms with Gasteiger partial charge in [0.15, 0.2) is 5.82 Å². The Labute approximate surface area is 167 Å². The minimum Gasteiger partial charge on any atom is -0.497 e. The molecule has 1 aromatic carbocycles. The minimum absolute atomic E-state index is 0.389. The van der Waals surface area contributed by atoms with Crippen LogP contribution >= 0.6 is 0 Å². The zero-order valence-electron chi connectivity index (χ0n) is 17.0. The molecule has 1 atom stereocenters. The summed E-state index contributed by atoms with van der Waals surface area (Å²) in [6, 6.07) is 9.04. The number of carbonyl (C=O) groups excluding carboxylic acids is 1. The molecule has 0 fully saturated rings. The van der Waals surface area contributed by atoms with Crippen molar-refractivity contribution in [1.82, 2.24) is 19.6 Å². The van der Waals surface area contributed by atoms with E-state index in [0.717, 1.165) is 16.1 Å². The molecular formula is C20H23N5O4. The highest BCUT2D eigenvalue weighted by Crippen LogP contribution is 2.29. The summed E-state index contributed by atoms with van der Waals surface area (Å²) in [5.74, 6) is 1.09. The van der Waals surface area contributed by atoms with Crippen LogP contribution in [-0.4, -0.2) is 39.7 Å². The van der Waals surface area contributed by atoms with Crippen molar-refractivity contribution < 1.29 is 14.3 Å². The molecule has 152 valence electrons. The molecule has 0 aliphatic rings. The van der Waals surface area contributed by atoms with Gasteiger partial charge in [-0.1, -0.05) is 0 Å². The first-order valence-corrected chi connectivity index (χ1v) is 9.00. The number of aromatic nitrogens is 4. The molecule has 3 aromatic rings. The van der Waals surface area contributed by atoms with Crippen molar-refractivity contribution in [2.45, 2.75) is 26.8 Å². The highest BCUT2D eigenvalue weighted by molar-refractivity contribution is 5.94. The summed E-state index contributed by atoms with van der Waals surface area (Å²) in [4.78, 5) is 25.1. The van der Waals surface area contributed by atoms with Crippen LogP contribution in [0, 0.1) is 13.8 Å². The molecule has 0 aliphatic heterocycles. The molecule has 0 aliphatic carbocycles. The predicted octanol–water partition coefficient (Wildman–Crippen LogP) is 2.26. The molecule has 0 saturated heterocycles. The van der Waals surface area contributed by atoms with Gasteiger partial charge in [0, 0.05) is 17.8 Å². The number of anilines is 1. The third-order valence-electron chi connectivity index (χ3n) is 4.45. The average Bonchev–Trinajstić information content (AvgIpc) is 3.06. The van der Waals surface area contributed by atoms with Gasteiger partial charge in [-0.2, -0.15) is 5.10 Å². The van der Waals surface area contributed by atoms with Gasteiger partial charge in [-0.25, -0.2) is 9.36 Å². The van der Waals surface area contributed by atoms with Gasteiger partial charge in [0.05, 0.1) is 25.6 Å². The molecule has 1 unspecified atom stereocenters. The number of amides is 1.